The Labute approximate surface area is 191 Å². The second kappa shape index (κ2) is 7.60. The Morgan fingerprint density at radius 1 is 1.03 bits per heavy atom. The van der Waals surface area contributed by atoms with Crippen molar-refractivity contribution in [1.29, 1.82) is 0 Å². The van der Waals surface area contributed by atoms with Crippen LogP contribution in [0.4, 0.5) is 0 Å². The lowest BCUT2D eigenvalue weighted by Gasteiger charge is -2.56. The average molecular weight is 435 g/mol. The van der Waals surface area contributed by atoms with Crippen molar-refractivity contribution in [2.45, 2.75) is 78.2 Å². The molecule has 6 rings (SSSR count). The lowest BCUT2D eigenvalue weighted by atomic mass is 9.49. The number of carbonyl (C=O) groups excluding carboxylic acids is 1. The number of rotatable bonds is 3. The predicted molar refractivity (Wildman–Crippen MR) is 127 cm³/mol. The SMILES string of the molecule is CC1CCC2C(CCC3C2CCC2(C)C(C(=O)Cn4[nH]c5ccccc5c4=O)CCC32)C1. The monoisotopic (exact) mass is 434 g/mol. The number of Topliss-reactive ketones (excluding diaryl/α,β-unsaturated/α-hetero) is 1. The molecular formula is C28H38N2O2. The molecule has 0 spiro atoms. The minimum Gasteiger partial charge on any atom is -0.297 e. The van der Waals surface area contributed by atoms with E-state index in [-0.39, 0.29) is 29.2 Å². The number of nitrogens with zero attached hydrogens (tertiary/aromatic N) is 1. The molecule has 1 aromatic carbocycles. The second-order valence-electron chi connectivity index (χ2n) is 12.0. The van der Waals surface area contributed by atoms with E-state index in [2.05, 4.69) is 18.9 Å². The van der Waals surface area contributed by atoms with Gasteiger partial charge in [0.05, 0.1) is 10.9 Å². The van der Waals surface area contributed by atoms with Crippen LogP contribution in [0.15, 0.2) is 29.1 Å². The van der Waals surface area contributed by atoms with Gasteiger partial charge in [-0.2, -0.15) is 0 Å². The first kappa shape index (κ1) is 20.7. The largest absolute Gasteiger partial charge is 0.297 e. The van der Waals surface area contributed by atoms with Gasteiger partial charge in [-0.1, -0.05) is 32.4 Å². The van der Waals surface area contributed by atoms with E-state index in [1.54, 1.807) is 4.68 Å². The minimum absolute atomic E-state index is 0.0674. The summed E-state index contributed by atoms with van der Waals surface area (Å²) in [6.45, 7) is 5.07. The molecule has 1 N–H and O–H groups in total. The van der Waals surface area contributed by atoms with E-state index in [4.69, 9.17) is 0 Å². The zero-order valence-electron chi connectivity index (χ0n) is 19.7. The van der Waals surface area contributed by atoms with Crippen molar-refractivity contribution in [3.63, 3.8) is 0 Å². The molecule has 0 radical (unpaired) electrons. The van der Waals surface area contributed by atoms with Crippen molar-refractivity contribution < 1.29 is 4.79 Å². The maximum Gasteiger partial charge on any atom is 0.274 e. The lowest BCUT2D eigenvalue weighted by Crippen LogP contribution is -2.49. The average Bonchev–Trinajstić information content (AvgIpc) is 3.30. The van der Waals surface area contributed by atoms with Crippen LogP contribution < -0.4 is 5.56 Å². The van der Waals surface area contributed by atoms with E-state index < -0.39 is 0 Å². The van der Waals surface area contributed by atoms with Crippen LogP contribution in [-0.2, 0) is 11.3 Å². The number of aromatic nitrogens is 2. The number of hydrogen-bond donors (Lipinski definition) is 1. The van der Waals surface area contributed by atoms with Gasteiger partial charge < -0.3 is 0 Å². The molecule has 8 atom stereocenters. The predicted octanol–water partition coefficient (Wildman–Crippen LogP) is 5.80. The molecule has 8 unspecified atom stereocenters. The smallest absolute Gasteiger partial charge is 0.274 e. The third-order valence-corrected chi connectivity index (χ3v) is 10.6. The molecular weight excluding hydrogens is 396 g/mol. The summed E-state index contributed by atoms with van der Waals surface area (Å²) in [5.41, 5.74) is 0.880. The molecule has 0 amide bonds. The van der Waals surface area contributed by atoms with Crippen molar-refractivity contribution in [2.75, 3.05) is 0 Å². The van der Waals surface area contributed by atoms with E-state index in [1.165, 1.54) is 51.4 Å². The van der Waals surface area contributed by atoms with Crippen LogP contribution in [0, 0.1) is 46.8 Å². The molecule has 0 saturated heterocycles. The Bertz CT molecular complexity index is 1080. The third kappa shape index (κ3) is 3.08. The zero-order valence-corrected chi connectivity index (χ0v) is 19.7. The lowest BCUT2D eigenvalue weighted by molar-refractivity contribution is -0.131. The van der Waals surface area contributed by atoms with Crippen LogP contribution in [0.25, 0.3) is 10.9 Å². The summed E-state index contributed by atoms with van der Waals surface area (Å²) in [6, 6.07) is 7.56. The van der Waals surface area contributed by atoms with E-state index >= 15 is 0 Å². The maximum absolute atomic E-state index is 13.5. The molecule has 1 heterocycles. The van der Waals surface area contributed by atoms with Gasteiger partial charge >= 0.3 is 0 Å². The van der Waals surface area contributed by atoms with Gasteiger partial charge in [0.15, 0.2) is 5.78 Å². The molecule has 4 heteroatoms. The van der Waals surface area contributed by atoms with E-state index in [9.17, 15) is 9.59 Å². The highest BCUT2D eigenvalue weighted by atomic mass is 16.1. The zero-order chi connectivity index (χ0) is 22.0. The van der Waals surface area contributed by atoms with Crippen LogP contribution in [0.3, 0.4) is 0 Å². The van der Waals surface area contributed by atoms with Crippen molar-refractivity contribution in [1.82, 2.24) is 9.78 Å². The molecule has 172 valence electrons. The fourth-order valence-corrected chi connectivity index (χ4v) is 9.10. The van der Waals surface area contributed by atoms with E-state index in [0.29, 0.717) is 11.3 Å². The summed E-state index contributed by atoms with van der Waals surface area (Å²) in [7, 11) is 0. The minimum atomic E-state index is -0.0674. The number of H-pyrrole nitrogens is 1. The topological polar surface area (TPSA) is 54.9 Å². The Morgan fingerprint density at radius 3 is 2.69 bits per heavy atom. The third-order valence-electron chi connectivity index (χ3n) is 10.6. The van der Waals surface area contributed by atoms with Crippen LogP contribution in [0.1, 0.15) is 71.6 Å². The Balaban J connectivity index is 1.21. The van der Waals surface area contributed by atoms with Gasteiger partial charge in [-0.3, -0.25) is 14.7 Å². The molecule has 0 bridgehead atoms. The van der Waals surface area contributed by atoms with Gasteiger partial charge in [0.1, 0.15) is 6.54 Å². The van der Waals surface area contributed by atoms with Crippen LogP contribution in [-0.4, -0.2) is 15.6 Å². The fraction of sp³-hybridized carbons (Fsp3) is 0.714. The number of aromatic amines is 1. The quantitative estimate of drug-likeness (QED) is 0.663. The number of hydrogen-bond acceptors (Lipinski definition) is 2. The van der Waals surface area contributed by atoms with Gasteiger partial charge in [0, 0.05) is 5.92 Å². The molecule has 4 aliphatic rings. The van der Waals surface area contributed by atoms with E-state index in [1.807, 2.05) is 24.3 Å². The number of para-hydroxylation sites is 1. The Morgan fingerprint density at radius 2 is 1.84 bits per heavy atom. The molecule has 0 aliphatic heterocycles. The number of carbonyl (C=O) groups is 1. The molecule has 32 heavy (non-hydrogen) atoms. The Hall–Kier alpha value is -1.84. The summed E-state index contributed by atoms with van der Waals surface area (Å²) in [5.74, 6) is 5.66. The van der Waals surface area contributed by atoms with Crippen LogP contribution in [0.5, 0.6) is 0 Å². The maximum atomic E-state index is 13.5. The summed E-state index contributed by atoms with van der Waals surface area (Å²) >= 11 is 0. The summed E-state index contributed by atoms with van der Waals surface area (Å²) in [5, 5.41) is 3.84. The number of ketones is 1. The number of fused-ring (bicyclic) bond motifs is 6. The van der Waals surface area contributed by atoms with Gasteiger partial charge in [0.2, 0.25) is 0 Å². The first-order valence-electron chi connectivity index (χ1n) is 13.2. The van der Waals surface area contributed by atoms with Gasteiger partial charge in [-0.15, -0.1) is 0 Å². The van der Waals surface area contributed by atoms with Gasteiger partial charge in [0.25, 0.3) is 5.56 Å². The molecule has 4 aliphatic carbocycles. The summed E-state index contributed by atoms with van der Waals surface area (Å²) in [6.07, 6.45) is 11.9. The summed E-state index contributed by atoms with van der Waals surface area (Å²) < 4.78 is 1.55. The fourth-order valence-electron chi connectivity index (χ4n) is 9.10. The van der Waals surface area contributed by atoms with Crippen molar-refractivity contribution in [3.8, 4) is 0 Å². The molecule has 4 saturated carbocycles. The highest BCUT2D eigenvalue weighted by Crippen LogP contribution is 2.64. The first-order chi connectivity index (χ1) is 15.5. The summed E-state index contributed by atoms with van der Waals surface area (Å²) in [4.78, 5) is 26.3. The molecule has 2 aromatic rings. The number of nitrogens with one attached hydrogen (secondary N) is 1. The highest BCUT2D eigenvalue weighted by Gasteiger charge is 2.58. The Kier molecular flexibility index (Phi) is 4.93. The number of benzene rings is 1. The highest BCUT2D eigenvalue weighted by molar-refractivity contribution is 5.83. The van der Waals surface area contributed by atoms with Crippen LogP contribution in [0.2, 0.25) is 0 Å². The van der Waals surface area contributed by atoms with Crippen molar-refractivity contribution in [2.24, 2.45) is 46.8 Å². The van der Waals surface area contributed by atoms with Crippen molar-refractivity contribution >= 4 is 16.7 Å². The standard InChI is InChI=1S/C28H38N2O2/c1-17-7-9-19-18(15-17)8-10-21-20(19)13-14-28(2)23(21)11-12-24(28)26(31)16-30-27(32)22-5-3-4-6-25(22)29-30/h3-6,17-21,23-24,29H,7-16H2,1-2H3. The van der Waals surface area contributed by atoms with Gasteiger partial charge in [-0.25, -0.2) is 4.68 Å². The van der Waals surface area contributed by atoms with E-state index in [0.717, 1.165) is 41.5 Å². The van der Waals surface area contributed by atoms with Crippen molar-refractivity contribution in [3.05, 3.63) is 34.6 Å². The van der Waals surface area contributed by atoms with Crippen LogP contribution >= 0.6 is 0 Å². The first-order valence-corrected chi connectivity index (χ1v) is 13.2. The normalized spacial score (nSPS) is 41.1. The molecule has 4 fully saturated rings. The molecule has 4 nitrogen and oxygen atoms in total. The van der Waals surface area contributed by atoms with Gasteiger partial charge in [-0.05, 0) is 104 Å². The molecule has 1 aromatic heterocycles. The second-order valence-corrected chi connectivity index (χ2v) is 12.0.